The molecular formula is C22H44O3S2. The Morgan fingerprint density at radius 3 is 1.63 bits per heavy atom. The Kier molecular flexibility index (Phi) is 22.4. The van der Waals surface area contributed by atoms with Gasteiger partial charge in [0, 0.05) is 17.6 Å². The average Bonchev–Trinajstić information content (AvgIpc) is 2.64. The number of Topliss-reactive ketones (excluding diaryl/α,β-unsaturated/α-hetero) is 2. The number of aliphatic hydroxyl groups excluding tert-OH is 1. The highest BCUT2D eigenvalue weighted by molar-refractivity contribution is 7.99. The molecule has 1 N–H and O–H groups in total. The van der Waals surface area contributed by atoms with Gasteiger partial charge in [0.25, 0.3) is 0 Å². The molecule has 0 aromatic carbocycles. The van der Waals surface area contributed by atoms with Gasteiger partial charge in [-0.3, -0.25) is 9.59 Å². The van der Waals surface area contributed by atoms with Gasteiger partial charge < -0.3 is 5.11 Å². The summed E-state index contributed by atoms with van der Waals surface area (Å²) in [6.07, 6.45) is 7.18. The number of carbonyl (C=O) groups is 2. The molecule has 162 valence electrons. The number of rotatable bonds is 16. The third kappa shape index (κ3) is 19.1. The predicted molar refractivity (Wildman–Crippen MR) is 124 cm³/mol. The minimum atomic E-state index is -0.183. The molecule has 0 radical (unpaired) electrons. The second-order valence-electron chi connectivity index (χ2n) is 7.11. The number of ketones is 2. The van der Waals surface area contributed by atoms with Gasteiger partial charge in [0.05, 0.1) is 6.10 Å². The lowest BCUT2D eigenvalue weighted by Crippen LogP contribution is -2.12. The maximum absolute atomic E-state index is 11.1. The number of aliphatic hydroxyl groups is 1. The van der Waals surface area contributed by atoms with Crippen molar-refractivity contribution in [2.45, 2.75) is 92.6 Å². The summed E-state index contributed by atoms with van der Waals surface area (Å²) >= 11 is 3.73. The Balaban J connectivity index is 0. The van der Waals surface area contributed by atoms with Crippen LogP contribution < -0.4 is 0 Å². The van der Waals surface area contributed by atoms with Crippen LogP contribution in [-0.4, -0.2) is 45.8 Å². The zero-order chi connectivity index (χ0) is 21.1. The zero-order valence-corrected chi connectivity index (χ0v) is 20.2. The van der Waals surface area contributed by atoms with Gasteiger partial charge in [-0.2, -0.15) is 23.5 Å². The van der Waals surface area contributed by atoms with Crippen molar-refractivity contribution in [2.24, 2.45) is 11.8 Å². The molecule has 0 saturated carbocycles. The van der Waals surface area contributed by atoms with E-state index in [1.165, 1.54) is 18.6 Å². The van der Waals surface area contributed by atoms with E-state index >= 15 is 0 Å². The molecule has 0 aliphatic heterocycles. The van der Waals surface area contributed by atoms with E-state index in [4.69, 9.17) is 0 Å². The van der Waals surface area contributed by atoms with Gasteiger partial charge in [0.2, 0.25) is 0 Å². The largest absolute Gasteiger partial charge is 0.392 e. The highest BCUT2D eigenvalue weighted by Crippen LogP contribution is 2.16. The van der Waals surface area contributed by atoms with Gasteiger partial charge in [-0.25, -0.2) is 0 Å². The molecule has 0 aliphatic carbocycles. The number of hydrogen-bond donors (Lipinski definition) is 1. The van der Waals surface area contributed by atoms with Crippen LogP contribution in [0.15, 0.2) is 0 Å². The first kappa shape index (κ1) is 29.2. The summed E-state index contributed by atoms with van der Waals surface area (Å²) in [5, 5.41) is 9.30. The summed E-state index contributed by atoms with van der Waals surface area (Å²) in [6, 6.07) is 0. The standard InChI is InChI=1S/C11H22O2S.C11H22OS/c1-4-10(9(3)12)6-7-14-8-11(13)5-2;1-4-6-8-13-9-7-11(5-2)10(3)12/h10-11,13H,4-8H2,1-3H3;11H,4-9H2,1-3H3/t10-,11?;11-/m00/s1. The zero-order valence-electron chi connectivity index (χ0n) is 18.6. The smallest absolute Gasteiger partial charge is 0.132 e. The van der Waals surface area contributed by atoms with Gasteiger partial charge in [-0.05, 0) is 69.6 Å². The van der Waals surface area contributed by atoms with Crippen molar-refractivity contribution in [1.82, 2.24) is 0 Å². The highest BCUT2D eigenvalue weighted by atomic mass is 32.2. The lowest BCUT2D eigenvalue weighted by Gasteiger charge is -2.11. The van der Waals surface area contributed by atoms with E-state index in [1.807, 2.05) is 18.7 Å². The summed E-state index contributed by atoms with van der Waals surface area (Å²) in [5.74, 6) is 5.38. The topological polar surface area (TPSA) is 54.4 Å². The highest BCUT2D eigenvalue weighted by Gasteiger charge is 2.11. The van der Waals surface area contributed by atoms with Crippen molar-refractivity contribution in [3.63, 3.8) is 0 Å². The Hall–Kier alpha value is -0.0000000000000000555. The Morgan fingerprint density at radius 2 is 1.26 bits per heavy atom. The maximum atomic E-state index is 11.1. The molecule has 0 aromatic rings. The fraction of sp³-hybridized carbons (Fsp3) is 0.909. The van der Waals surface area contributed by atoms with E-state index in [-0.39, 0.29) is 12.0 Å². The first-order chi connectivity index (χ1) is 12.8. The molecule has 1 unspecified atom stereocenters. The molecule has 0 heterocycles. The predicted octanol–water partition coefficient (Wildman–Crippen LogP) is 6.02. The molecule has 0 bridgehead atoms. The number of thioether (sulfide) groups is 2. The normalized spacial score (nSPS) is 14.0. The van der Waals surface area contributed by atoms with Crippen molar-refractivity contribution in [1.29, 1.82) is 0 Å². The van der Waals surface area contributed by atoms with Crippen LogP contribution in [-0.2, 0) is 9.59 Å². The van der Waals surface area contributed by atoms with Crippen molar-refractivity contribution < 1.29 is 14.7 Å². The molecular weight excluding hydrogens is 376 g/mol. The van der Waals surface area contributed by atoms with E-state index in [0.29, 0.717) is 17.5 Å². The fourth-order valence-electron chi connectivity index (χ4n) is 2.53. The summed E-state index contributed by atoms with van der Waals surface area (Å²) in [6.45, 7) is 11.7. The Labute approximate surface area is 177 Å². The minimum Gasteiger partial charge on any atom is -0.392 e. The monoisotopic (exact) mass is 420 g/mol. The third-order valence-corrected chi connectivity index (χ3v) is 7.03. The fourth-order valence-corrected chi connectivity index (χ4v) is 4.80. The molecule has 0 saturated heterocycles. The molecule has 3 atom stereocenters. The number of carbonyl (C=O) groups excluding carboxylic acids is 2. The second kappa shape index (κ2) is 20.7. The van der Waals surface area contributed by atoms with Crippen LogP contribution in [0.2, 0.25) is 0 Å². The lowest BCUT2D eigenvalue weighted by atomic mass is 10.00. The summed E-state index contributed by atoms with van der Waals surface area (Å²) in [7, 11) is 0. The summed E-state index contributed by atoms with van der Waals surface area (Å²) in [4.78, 5) is 22.2. The minimum absolute atomic E-state index is 0.183. The molecule has 0 amide bonds. The average molecular weight is 421 g/mol. The molecule has 5 heteroatoms. The summed E-state index contributed by atoms with van der Waals surface area (Å²) < 4.78 is 0. The maximum Gasteiger partial charge on any atom is 0.132 e. The van der Waals surface area contributed by atoms with Crippen LogP contribution in [0.25, 0.3) is 0 Å². The molecule has 27 heavy (non-hydrogen) atoms. The SMILES string of the molecule is CCC(O)CSCC[C@H](CC)C(C)=O.CCCCSCC[C@H](CC)C(C)=O. The molecule has 0 spiro atoms. The third-order valence-electron chi connectivity index (χ3n) is 4.78. The summed E-state index contributed by atoms with van der Waals surface area (Å²) in [5.41, 5.74) is 0. The number of unbranched alkanes of at least 4 members (excludes halogenated alkanes) is 1. The van der Waals surface area contributed by atoms with Gasteiger partial charge in [0.15, 0.2) is 0 Å². The van der Waals surface area contributed by atoms with Crippen molar-refractivity contribution >= 4 is 35.1 Å². The molecule has 3 nitrogen and oxygen atoms in total. The van der Waals surface area contributed by atoms with E-state index in [1.54, 1.807) is 25.6 Å². The van der Waals surface area contributed by atoms with E-state index in [2.05, 4.69) is 20.8 Å². The van der Waals surface area contributed by atoms with Crippen molar-refractivity contribution in [2.75, 3.05) is 23.0 Å². The second-order valence-corrected chi connectivity index (χ2v) is 9.49. The van der Waals surface area contributed by atoms with Crippen molar-refractivity contribution in [3.8, 4) is 0 Å². The van der Waals surface area contributed by atoms with E-state index < -0.39 is 0 Å². The molecule has 0 aromatic heterocycles. The van der Waals surface area contributed by atoms with Crippen LogP contribution in [0.3, 0.4) is 0 Å². The Bertz CT molecular complexity index is 361. The molecule has 0 fully saturated rings. The lowest BCUT2D eigenvalue weighted by molar-refractivity contribution is -0.121. The van der Waals surface area contributed by atoms with Gasteiger partial charge in [-0.1, -0.05) is 34.1 Å². The first-order valence-corrected chi connectivity index (χ1v) is 13.0. The van der Waals surface area contributed by atoms with Crippen LogP contribution >= 0.6 is 23.5 Å². The van der Waals surface area contributed by atoms with Crippen molar-refractivity contribution in [3.05, 3.63) is 0 Å². The number of hydrogen-bond acceptors (Lipinski definition) is 5. The quantitative estimate of drug-likeness (QED) is 0.309. The van der Waals surface area contributed by atoms with E-state index in [0.717, 1.165) is 49.4 Å². The van der Waals surface area contributed by atoms with E-state index in [9.17, 15) is 14.7 Å². The van der Waals surface area contributed by atoms with Crippen LogP contribution in [0, 0.1) is 11.8 Å². The van der Waals surface area contributed by atoms with Gasteiger partial charge >= 0.3 is 0 Å². The van der Waals surface area contributed by atoms with Crippen LogP contribution in [0.1, 0.15) is 86.5 Å². The van der Waals surface area contributed by atoms with Crippen LogP contribution in [0.4, 0.5) is 0 Å². The first-order valence-electron chi connectivity index (χ1n) is 10.7. The Morgan fingerprint density at radius 1 is 0.778 bits per heavy atom. The molecule has 0 aliphatic rings. The van der Waals surface area contributed by atoms with Gasteiger partial charge in [-0.15, -0.1) is 0 Å². The van der Waals surface area contributed by atoms with Gasteiger partial charge in [0.1, 0.15) is 11.6 Å². The molecule has 0 rings (SSSR count). The van der Waals surface area contributed by atoms with Crippen LogP contribution in [0.5, 0.6) is 0 Å².